The molecule has 0 aliphatic carbocycles. The molecule has 1 aliphatic heterocycles. The summed E-state index contributed by atoms with van der Waals surface area (Å²) in [7, 11) is -4.99. The van der Waals surface area contributed by atoms with Gasteiger partial charge < -0.3 is 18.0 Å². The molecule has 25 heavy (non-hydrogen) atoms. The molecule has 0 saturated carbocycles. The van der Waals surface area contributed by atoms with E-state index in [9.17, 15) is 0 Å². The highest BCUT2D eigenvalue weighted by Crippen LogP contribution is 2.29. The quantitative estimate of drug-likeness (QED) is 0.383. The van der Waals surface area contributed by atoms with Crippen molar-refractivity contribution in [1.82, 2.24) is 0 Å². The zero-order valence-corrected chi connectivity index (χ0v) is 21.1. The molecule has 1 rings (SSSR count). The lowest BCUT2D eigenvalue weighted by atomic mass is 10.0. The van der Waals surface area contributed by atoms with E-state index in [0.29, 0.717) is 0 Å². The summed E-state index contributed by atoms with van der Waals surface area (Å²) in [5, 5.41) is 0. The van der Waals surface area contributed by atoms with Crippen LogP contribution in [0.4, 0.5) is 0 Å². The lowest BCUT2D eigenvalue weighted by Gasteiger charge is -2.37. The highest BCUT2D eigenvalue weighted by Gasteiger charge is 2.34. The molecule has 0 radical (unpaired) electrons. The smallest absolute Gasteiger partial charge is 0.241 e. The third-order valence-electron chi connectivity index (χ3n) is 3.55. The van der Waals surface area contributed by atoms with Crippen LogP contribution in [0, 0.1) is 0 Å². The largest absolute Gasteiger partial charge is 0.545 e. The van der Waals surface area contributed by atoms with Gasteiger partial charge in [0, 0.05) is 13.0 Å². The fraction of sp³-hybridized carbons (Fsp3) is 0.889. The van der Waals surface area contributed by atoms with Crippen LogP contribution in [0.1, 0.15) is 26.2 Å². The summed E-state index contributed by atoms with van der Waals surface area (Å²) in [6.45, 7) is 22.8. The van der Waals surface area contributed by atoms with E-state index in [1.54, 1.807) is 0 Å². The van der Waals surface area contributed by atoms with Crippen LogP contribution < -0.4 is 0 Å². The van der Waals surface area contributed by atoms with E-state index < -0.39 is 25.0 Å². The van der Waals surface area contributed by atoms with Crippen LogP contribution in [0.3, 0.4) is 0 Å². The summed E-state index contributed by atoms with van der Waals surface area (Å²) in [5.74, 6) is 1.90. The molecule has 1 heterocycles. The Labute approximate surface area is 158 Å². The Hall–Kier alpha value is -0.0894. The Morgan fingerprint density at radius 1 is 0.880 bits per heavy atom. The standard InChI is InChI=1S/C18H40O4Si3/c1-15(20-23(2,3)4)17(22-25(8,9)10)14-18-16(12-11-13-19-18)21-24(5,6)7/h16,18H,11-14H2,1-10H3/b17-15+/t16-,18+/m1/s1. The van der Waals surface area contributed by atoms with E-state index >= 15 is 0 Å². The Morgan fingerprint density at radius 3 is 1.92 bits per heavy atom. The second-order valence-corrected chi connectivity index (χ2v) is 23.3. The zero-order valence-electron chi connectivity index (χ0n) is 18.1. The lowest BCUT2D eigenvalue weighted by Crippen LogP contribution is -2.43. The van der Waals surface area contributed by atoms with Gasteiger partial charge in [-0.05, 0) is 78.7 Å². The highest BCUT2D eigenvalue weighted by atomic mass is 28.4. The van der Waals surface area contributed by atoms with Crippen molar-refractivity contribution in [3.63, 3.8) is 0 Å². The second kappa shape index (κ2) is 8.73. The first kappa shape index (κ1) is 23.0. The van der Waals surface area contributed by atoms with Crippen molar-refractivity contribution in [2.75, 3.05) is 6.61 Å². The number of allylic oxidation sites excluding steroid dienone is 1. The van der Waals surface area contributed by atoms with Crippen molar-refractivity contribution in [3.05, 3.63) is 11.5 Å². The molecular weight excluding hydrogens is 364 g/mol. The van der Waals surface area contributed by atoms with Gasteiger partial charge in [0.25, 0.3) is 0 Å². The number of hydrogen-bond acceptors (Lipinski definition) is 4. The van der Waals surface area contributed by atoms with Gasteiger partial charge in [-0.3, -0.25) is 0 Å². The van der Waals surface area contributed by atoms with E-state index in [1.165, 1.54) is 0 Å². The Bertz CT molecular complexity index is 458. The van der Waals surface area contributed by atoms with Crippen LogP contribution in [0.2, 0.25) is 58.9 Å². The zero-order chi connectivity index (χ0) is 19.5. The molecule has 4 nitrogen and oxygen atoms in total. The van der Waals surface area contributed by atoms with Crippen LogP contribution in [-0.4, -0.2) is 43.8 Å². The molecule has 2 atom stereocenters. The van der Waals surface area contributed by atoms with Gasteiger partial charge in [0.2, 0.25) is 16.6 Å². The minimum absolute atomic E-state index is 0.0620. The molecule has 7 heteroatoms. The summed E-state index contributed by atoms with van der Waals surface area (Å²) in [6, 6.07) is 0. The fourth-order valence-corrected chi connectivity index (χ4v) is 6.09. The van der Waals surface area contributed by atoms with Crippen molar-refractivity contribution in [1.29, 1.82) is 0 Å². The van der Waals surface area contributed by atoms with E-state index in [-0.39, 0.29) is 12.2 Å². The Morgan fingerprint density at radius 2 is 1.44 bits per heavy atom. The third-order valence-corrected chi connectivity index (χ3v) is 6.34. The van der Waals surface area contributed by atoms with E-state index in [2.05, 4.69) is 58.9 Å². The SMILES string of the molecule is C/C(O[Si](C)(C)C)=C(/C[C@@H]1OCCC[C@H]1O[Si](C)(C)C)O[Si](C)(C)C. The first-order chi connectivity index (χ1) is 11.2. The van der Waals surface area contributed by atoms with Gasteiger partial charge in [-0.15, -0.1) is 0 Å². The van der Waals surface area contributed by atoms with Gasteiger partial charge in [-0.25, -0.2) is 0 Å². The lowest BCUT2D eigenvalue weighted by molar-refractivity contribution is -0.0683. The van der Waals surface area contributed by atoms with Crippen LogP contribution in [-0.2, 0) is 18.0 Å². The fourth-order valence-electron chi connectivity index (χ4n) is 2.92. The highest BCUT2D eigenvalue weighted by molar-refractivity contribution is 6.70. The second-order valence-electron chi connectivity index (χ2n) is 9.93. The van der Waals surface area contributed by atoms with Gasteiger partial charge in [-0.1, -0.05) is 0 Å². The molecule has 0 bridgehead atoms. The summed E-state index contributed by atoms with van der Waals surface area (Å²) in [5.41, 5.74) is 0. The molecule has 0 unspecified atom stereocenters. The normalized spacial score (nSPS) is 23.9. The molecule has 0 aromatic rings. The summed E-state index contributed by atoms with van der Waals surface area (Å²) >= 11 is 0. The molecule has 0 spiro atoms. The predicted molar refractivity (Wildman–Crippen MR) is 113 cm³/mol. The van der Waals surface area contributed by atoms with Crippen molar-refractivity contribution in [3.8, 4) is 0 Å². The molecule has 0 N–H and O–H groups in total. The topological polar surface area (TPSA) is 36.9 Å². The molecular formula is C18H40O4Si3. The number of ether oxygens (including phenoxy) is 1. The maximum atomic E-state index is 6.42. The van der Waals surface area contributed by atoms with E-state index in [1.807, 2.05) is 6.92 Å². The average Bonchev–Trinajstić information content (AvgIpc) is 2.34. The monoisotopic (exact) mass is 404 g/mol. The molecule has 148 valence electrons. The minimum atomic E-state index is -1.72. The Balaban J connectivity index is 2.99. The first-order valence-electron chi connectivity index (χ1n) is 9.53. The average molecular weight is 405 g/mol. The van der Waals surface area contributed by atoms with Crippen LogP contribution in [0.25, 0.3) is 0 Å². The summed E-state index contributed by atoms with van der Waals surface area (Å²) < 4.78 is 25.2. The van der Waals surface area contributed by atoms with Crippen LogP contribution >= 0.6 is 0 Å². The van der Waals surface area contributed by atoms with Crippen LogP contribution in [0.15, 0.2) is 11.5 Å². The van der Waals surface area contributed by atoms with Crippen molar-refractivity contribution < 1.29 is 18.0 Å². The molecule has 0 aromatic heterocycles. The number of hydrogen-bond donors (Lipinski definition) is 0. The van der Waals surface area contributed by atoms with Crippen molar-refractivity contribution >= 4 is 25.0 Å². The van der Waals surface area contributed by atoms with Gasteiger partial charge in [0.05, 0.1) is 12.2 Å². The molecule has 0 amide bonds. The number of rotatable bonds is 8. The molecule has 1 saturated heterocycles. The molecule has 1 aliphatic rings. The summed E-state index contributed by atoms with van der Waals surface area (Å²) in [4.78, 5) is 0. The Kier molecular flexibility index (Phi) is 8.02. The van der Waals surface area contributed by atoms with Crippen molar-refractivity contribution in [2.24, 2.45) is 0 Å². The first-order valence-corrected chi connectivity index (χ1v) is 19.8. The van der Waals surface area contributed by atoms with E-state index in [4.69, 9.17) is 18.0 Å². The molecule has 0 aromatic carbocycles. The maximum Gasteiger partial charge on any atom is 0.241 e. The van der Waals surface area contributed by atoms with Gasteiger partial charge >= 0.3 is 0 Å². The predicted octanol–water partition coefficient (Wildman–Crippen LogP) is 5.71. The van der Waals surface area contributed by atoms with Crippen molar-refractivity contribution in [2.45, 2.75) is 97.3 Å². The minimum Gasteiger partial charge on any atom is -0.545 e. The van der Waals surface area contributed by atoms with Gasteiger partial charge in [0.1, 0.15) is 11.5 Å². The van der Waals surface area contributed by atoms with Gasteiger partial charge in [0.15, 0.2) is 8.32 Å². The van der Waals surface area contributed by atoms with E-state index in [0.717, 1.165) is 37.4 Å². The molecule has 1 fully saturated rings. The maximum absolute atomic E-state index is 6.42. The van der Waals surface area contributed by atoms with Gasteiger partial charge in [-0.2, -0.15) is 0 Å². The van der Waals surface area contributed by atoms with Crippen LogP contribution in [0.5, 0.6) is 0 Å². The summed E-state index contributed by atoms with van der Waals surface area (Å²) in [6.07, 6.45) is 3.12. The third kappa shape index (κ3) is 9.98.